The Morgan fingerprint density at radius 3 is 2.71 bits per heavy atom. The molecule has 1 saturated carbocycles. The zero-order valence-corrected chi connectivity index (χ0v) is 16.8. The maximum absolute atomic E-state index is 6.13. The van der Waals surface area contributed by atoms with Gasteiger partial charge in [-0.15, -0.1) is 24.0 Å². The molecule has 24 heavy (non-hydrogen) atoms. The molecule has 0 saturated heterocycles. The van der Waals surface area contributed by atoms with Crippen molar-refractivity contribution in [2.24, 2.45) is 4.99 Å². The van der Waals surface area contributed by atoms with Gasteiger partial charge in [0.05, 0.1) is 6.26 Å². The third-order valence-corrected chi connectivity index (χ3v) is 4.44. The Labute approximate surface area is 165 Å². The summed E-state index contributed by atoms with van der Waals surface area (Å²) in [5, 5.41) is 7.54. The summed E-state index contributed by atoms with van der Waals surface area (Å²) < 4.78 is 5.32. The standard InChI is InChI=1S/C18H22ClN3O.HI/c1-2-20-17(21-12-16-7-4-10-23-16)22-13-18(8-9-18)14-5-3-6-15(19)11-14;/h3-7,10-11H,2,8-9,12-13H2,1H3,(H2,20,21,22);1H. The number of furan rings is 1. The fraction of sp³-hybridized carbons (Fsp3) is 0.389. The molecule has 0 bridgehead atoms. The average molecular weight is 460 g/mol. The molecule has 0 atom stereocenters. The highest BCUT2D eigenvalue weighted by Crippen LogP contribution is 2.48. The largest absolute Gasteiger partial charge is 0.467 e. The molecule has 3 rings (SSSR count). The summed E-state index contributed by atoms with van der Waals surface area (Å²) in [6.07, 6.45) is 4.03. The molecule has 1 heterocycles. The third kappa shape index (κ3) is 4.89. The van der Waals surface area contributed by atoms with Crippen molar-refractivity contribution in [2.45, 2.75) is 31.7 Å². The van der Waals surface area contributed by atoms with Crippen molar-refractivity contribution in [3.05, 3.63) is 59.0 Å². The van der Waals surface area contributed by atoms with Crippen LogP contribution in [0.3, 0.4) is 0 Å². The first-order valence-electron chi connectivity index (χ1n) is 8.02. The number of nitrogens with one attached hydrogen (secondary N) is 2. The van der Waals surface area contributed by atoms with E-state index in [-0.39, 0.29) is 29.4 Å². The molecular weight excluding hydrogens is 437 g/mol. The first kappa shape index (κ1) is 19.1. The number of hydrogen-bond acceptors (Lipinski definition) is 2. The van der Waals surface area contributed by atoms with Gasteiger partial charge in [0, 0.05) is 23.5 Å². The molecule has 1 aliphatic rings. The fourth-order valence-electron chi connectivity index (χ4n) is 2.69. The molecule has 1 fully saturated rings. The van der Waals surface area contributed by atoms with E-state index >= 15 is 0 Å². The molecule has 2 aromatic rings. The second kappa shape index (κ2) is 8.76. The Morgan fingerprint density at radius 2 is 2.08 bits per heavy atom. The summed E-state index contributed by atoms with van der Waals surface area (Å²) in [5.41, 5.74) is 1.49. The number of benzene rings is 1. The molecule has 1 aromatic heterocycles. The van der Waals surface area contributed by atoms with E-state index in [4.69, 9.17) is 16.0 Å². The highest BCUT2D eigenvalue weighted by Gasteiger charge is 2.44. The van der Waals surface area contributed by atoms with Crippen molar-refractivity contribution in [3.63, 3.8) is 0 Å². The van der Waals surface area contributed by atoms with Crippen LogP contribution in [0.15, 0.2) is 52.1 Å². The third-order valence-electron chi connectivity index (χ3n) is 4.20. The summed E-state index contributed by atoms with van der Waals surface area (Å²) in [7, 11) is 0. The Morgan fingerprint density at radius 1 is 1.25 bits per heavy atom. The molecule has 1 aromatic carbocycles. The second-order valence-electron chi connectivity index (χ2n) is 5.92. The van der Waals surface area contributed by atoms with Gasteiger partial charge in [-0.3, -0.25) is 0 Å². The van der Waals surface area contributed by atoms with Gasteiger partial charge in [0.1, 0.15) is 12.3 Å². The normalized spacial score (nSPS) is 15.5. The fourth-order valence-corrected chi connectivity index (χ4v) is 2.88. The SMILES string of the molecule is CCNC(=NCc1ccco1)NCC1(c2cccc(Cl)c2)CC1.I. The Hall–Kier alpha value is -1.21. The highest BCUT2D eigenvalue weighted by molar-refractivity contribution is 14.0. The van der Waals surface area contributed by atoms with E-state index in [1.165, 1.54) is 18.4 Å². The molecular formula is C18H23ClIN3O. The smallest absolute Gasteiger partial charge is 0.191 e. The topological polar surface area (TPSA) is 49.6 Å². The van der Waals surface area contributed by atoms with Crippen molar-refractivity contribution in [1.29, 1.82) is 0 Å². The van der Waals surface area contributed by atoms with Crippen LogP contribution in [0.1, 0.15) is 31.1 Å². The van der Waals surface area contributed by atoms with Crippen LogP contribution < -0.4 is 10.6 Å². The first-order chi connectivity index (χ1) is 11.2. The number of aliphatic imine (C=N–C) groups is 1. The van der Waals surface area contributed by atoms with E-state index in [0.717, 1.165) is 29.8 Å². The van der Waals surface area contributed by atoms with E-state index in [0.29, 0.717) is 6.54 Å². The zero-order chi connectivity index (χ0) is 16.1. The molecule has 1 aliphatic carbocycles. The monoisotopic (exact) mass is 459 g/mol. The maximum Gasteiger partial charge on any atom is 0.191 e. The summed E-state index contributed by atoms with van der Waals surface area (Å²) in [6, 6.07) is 12.0. The van der Waals surface area contributed by atoms with Gasteiger partial charge in [-0.1, -0.05) is 23.7 Å². The van der Waals surface area contributed by atoms with Crippen LogP contribution in [0.4, 0.5) is 0 Å². The Balaban J connectivity index is 0.00000208. The van der Waals surface area contributed by atoms with Gasteiger partial charge in [0.15, 0.2) is 5.96 Å². The lowest BCUT2D eigenvalue weighted by Crippen LogP contribution is -2.41. The van der Waals surface area contributed by atoms with Gasteiger partial charge < -0.3 is 15.1 Å². The van der Waals surface area contributed by atoms with Gasteiger partial charge in [-0.2, -0.15) is 0 Å². The lowest BCUT2D eigenvalue weighted by Gasteiger charge is -2.19. The number of hydrogen-bond donors (Lipinski definition) is 2. The van der Waals surface area contributed by atoms with E-state index < -0.39 is 0 Å². The van der Waals surface area contributed by atoms with Crippen molar-refractivity contribution in [2.75, 3.05) is 13.1 Å². The predicted octanol–water partition coefficient (Wildman–Crippen LogP) is 4.34. The number of rotatable bonds is 6. The van der Waals surface area contributed by atoms with Crippen LogP contribution in [-0.2, 0) is 12.0 Å². The minimum absolute atomic E-state index is 0. The molecule has 0 aliphatic heterocycles. The van der Waals surface area contributed by atoms with Crippen LogP contribution in [0.25, 0.3) is 0 Å². The molecule has 0 spiro atoms. The molecule has 2 N–H and O–H groups in total. The number of halogens is 2. The van der Waals surface area contributed by atoms with Gasteiger partial charge in [-0.25, -0.2) is 4.99 Å². The molecule has 130 valence electrons. The lowest BCUT2D eigenvalue weighted by atomic mass is 9.96. The molecule has 0 amide bonds. The van der Waals surface area contributed by atoms with E-state index in [1.807, 2.05) is 24.3 Å². The highest BCUT2D eigenvalue weighted by atomic mass is 127. The zero-order valence-electron chi connectivity index (χ0n) is 13.7. The summed E-state index contributed by atoms with van der Waals surface area (Å²) in [6.45, 7) is 4.28. The summed E-state index contributed by atoms with van der Waals surface area (Å²) >= 11 is 6.13. The van der Waals surface area contributed by atoms with Crippen molar-refractivity contribution >= 4 is 41.5 Å². The second-order valence-corrected chi connectivity index (χ2v) is 6.36. The number of nitrogens with zero attached hydrogens (tertiary/aromatic N) is 1. The summed E-state index contributed by atoms with van der Waals surface area (Å²) in [4.78, 5) is 4.57. The average Bonchev–Trinajstić information content (AvgIpc) is 3.17. The van der Waals surface area contributed by atoms with Crippen LogP contribution in [0, 0.1) is 0 Å². The van der Waals surface area contributed by atoms with Crippen LogP contribution in [-0.4, -0.2) is 19.0 Å². The van der Waals surface area contributed by atoms with Crippen molar-refractivity contribution < 1.29 is 4.42 Å². The van der Waals surface area contributed by atoms with Crippen LogP contribution >= 0.6 is 35.6 Å². The molecule has 6 heteroatoms. The summed E-state index contributed by atoms with van der Waals surface area (Å²) in [5.74, 6) is 1.68. The van der Waals surface area contributed by atoms with Crippen LogP contribution in [0.2, 0.25) is 5.02 Å². The predicted molar refractivity (Wildman–Crippen MR) is 109 cm³/mol. The van der Waals surface area contributed by atoms with Gasteiger partial charge >= 0.3 is 0 Å². The number of guanidine groups is 1. The maximum atomic E-state index is 6.13. The molecule has 0 unspecified atom stereocenters. The van der Waals surface area contributed by atoms with E-state index in [9.17, 15) is 0 Å². The van der Waals surface area contributed by atoms with Crippen LogP contribution in [0.5, 0.6) is 0 Å². The Bertz CT molecular complexity index is 669. The minimum atomic E-state index is 0. The van der Waals surface area contributed by atoms with Gasteiger partial charge in [0.2, 0.25) is 0 Å². The first-order valence-corrected chi connectivity index (χ1v) is 8.40. The van der Waals surface area contributed by atoms with Gasteiger partial charge in [0.25, 0.3) is 0 Å². The lowest BCUT2D eigenvalue weighted by molar-refractivity contribution is 0.511. The van der Waals surface area contributed by atoms with Crippen molar-refractivity contribution in [3.8, 4) is 0 Å². The minimum Gasteiger partial charge on any atom is -0.467 e. The van der Waals surface area contributed by atoms with E-state index in [1.54, 1.807) is 6.26 Å². The molecule has 0 radical (unpaired) electrons. The van der Waals surface area contributed by atoms with Crippen molar-refractivity contribution in [1.82, 2.24) is 10.6 Å². The quantitative estimate of drug-likeness (QED) is 0.384. The van der Waals surface area contributed by atoms with E-state index in [2.05, 4.69) is 34.7 Å². The molecule has 4 nitrogen and oxygen atoms in total. The Kier molecular flexibility index (Phi) is 6.98. The van der Waals surface area contributed by atoms with Gasteiger partial charge in [-0.05, 0) is 49.6 Å².